The van der Waals surface area contributed by atoms with Gasteiger partial charge >= 0.3 is 5.97 Å². The van der Waals surface area contributed by atoms with Gasteiger partial charge in [-0.2, -0.15) is 0 Å². The van der Waals surface area contributed by atoms with Crippen molar-refractivity contribution in [3.8, 4) is 0 Å². The molecule has 1 aliphatic heterocycles. The van der Waals surface area contributed by atoms with Gasteiger partial charge in [0.1, 0.15) is 23.6 Å². The normalized spacial score (nSPS) is 16.5. The Balaban J connectivity index is 1.95. The van der Waals surface area contributed by atoms with E-state index in [2.05, 4.69) is 20.4 Å². The Morgan fingerprint density at radius 3 is 2.63 bits per heavy atom. The molecule has 1 aliphatic rings. The predicted molar refractivity (Wildman–Crippen MR) is 152 cm³/mol. The molecule has 4 atom stereocenters. The molecule has 0 saturated carbocycles. The van der Waals surface area contributed by atoms with E-state index in [9.17, 15) is 9.59 Å². The topological polar surface area (TPSA) is 150 Å². The molecule has 0 bridgehead atoms. The zero-order valence-corrected chi connectivity index (χ0v) is 25.5. The van der Waals surface area contributed by atoms with Crippen LogP contribution in [0.25, 0.3) is 0 Å². The van der Waals surface area contributed by atoms with E-state index in [1.807, 2.05) is 25.7 Å². The first-order valence-electron chi connectivity index (χ1n) is 12.3. The van der Waals surface area contributed by atoms with Gasteiger partial charge in [0.15, 0.2) is 16.8 Å². The van der Waals surface area contributed by atoms with Crippen molar-refractivity contribution in [3.63, 3.8) is 0 Å². The van der Waals surface area contributed by atoms with Crippen LogP contribution in [0.1, 0.15) is 48.0 Å². The third-order valence-corrected chi connectivity index (χ3v) is 8.26. The molecule has 1 aromatic heterocycles. The number of nitrogens with zero attached hydrogens (tertiary/aromatic N) is 3. The van der Waals surface area contributed by atoms with Gasteiger partial charge in [0.05, 0.1) is 32.1 Å². The molecule has 12 nitrogen and oxygen atoms in total. The first-order chi connectivity index (χ1) is 17.8. The van der Waals surface area contributed by atoms with Crippen LogP contribution < -0.4 is 21.0 Å². The number of esters is 1. The maximum absolute atomic E-state index is 12.3. The molecule has 2 heterocycles. The summed E-state index contributed by atoms with van der Waals surface area (Å²) >= 11 is 7.92. The molecule has 0 amide bonds. The van der Waals surface area contributed by atoms with Gasteiger partial charge in [0.2, 0.25) is 0 Å². The number of aromatic nitrogens is 2. The van der Waals surface area contributed by atoms with Gasteiger partial charge in [-0.3, -0.25) is 9.59 Å². The number of anilines is 3. The summed E-state index contributed by atoms with van der Waals surface area (Å²) in [6, 6.07) is -0.661. The van der Waals surface area contributed by atoms with Crippen molar-refractivity contribution >= 4 is 60.3 Å². The largest absolute Gasteiger partial charge is 0.462 e. The number of rotatable bonds is 15. The van der Waals surface area contributed by atoms with Crippen LogP contribution in [0.2, 0.25) is 0 Å². The zero-order chi connectivity index (χ0) is 28.5. The van der Waals surface area contributed by atoms with Crippen LogP contribution in [-0.4, -0.2) is 77.5 Å². The van der Waals surface area contributed by atoms with E-state index in [1.54, 1.807) is 27.9 Å². The van der Waals surface area contributed by atoms with Crippen molar-refractivity contribution in [2.24, 2.45) is 5.41 Å². The zero-order valence-electron chi connectivity index (χ0n) is 23.0. The number of methoxy groups -OCH3 is 1. The fraction of sp³-hybridized carbons (Fsp3) is 0.739. The van der Waals surface area contributed by atoms with Crippen molar-refractivity contribution < 1.29 is 28.1 Å². The van der Waals surface area contributed by atoms with Gasteiger partial charge in [-0.15, -0.1) is 0 Å². The Bertz CT molecular complexity index is 927. The molecule has 4 N–H and O–H groups in total. The molecule has 0 radical (unpaired) electrons. The third kappa shape index (κ3) is 10.3. The Kier molecular flexibility index (Phi) is 13.2. The monoisotopic (exact) mass is 594 g/mol. The first kappa shape index (κ1) is 32.7. The van der Waals surface area contributed by atoms with Crippen molar-refractivity contribution in [3.05, 3.63) is 6.33 Å². The second-order valence-corrected chi connectivity index (χ2v) is 12.8. The summed E-state index contributed by atoms with van der Waals surface area (Å²) < 4.78 is 22.8. The number of ether oxygens (including phenoxy) is 2. The highest BCUT2D eigenvalue weighted by molar-refractivity contribution is 8.13. The summed E-state index contributed by atoms with van der Waals surface area (Å²) in [5, 5.41) is 6.29. The molecule has 1 aromatic rings. The van der Waals surface area contributed by atoms with Crippen LogP contribution in [-0.2, 0) is 28.1 Å². The summed E-state index contributed by atoms with van der Waals surface area (Å²) in [6.07, 6.45) is 1.17. The second kappa shape index (κ2) is 15.4. The van der Waals surface area contributed by atoms with Crippen molar-refractivity contribution in [2.75, 3.05) is 48.7 Å². The minimum Gasteiger partial charge on any atom is -0.462 e. The van der Waals surface area contributed by atoms with E-state index < -0.39 is 31.5 Å². The number of nitrogens with one attached hydrogen (secondary N) is 2. The first-order valence-corrected chi connectivity index (χ1v) is 14.9. The maximum Gasteiger partial charge on any atom is 0.323 e. The Labute approximate surface area is 235 Å². The number of thioether (sulfide) groups is 1. The summed E-state index contributed by atoms with van der Waals surface area (Å²) in [5.41, 5.74) is 5.66. The summed E-state index contributed by atoms with van der Waals surface area (Å²) in [6.45, 7) is 11.7. The van der Waals surface area contributed by atoms with Crippen molar-refractivity contribution in [1.82, 2.24) is 15.1 Å². The van der Waals surface area contributed by atoms with Gasteiger partial charge < -0.3 is 34.5 Å². The van der Waals surface area contributed by atoms with E-state index in [-0.39, 0.29) is 30.5 Å². The lowest BCUT2D eigenvalue weighted by Crippen LogP contribution is -2.37. The average Bonchev–Trinajstić information content (AvgIpc) is 3.28. The third-order valence-electron chi connectivity index (χ3n) is 5.20. The number of alkyl halides is 1. The average molecular weight is 595 g/mol. The van der Waals surface area contributed by atoms with Crippen LogP contribution in [0.4, 0.5) is 17.3 Å². The predicted octanol–water partition coefficient (Wildman–Crippen LogP) is 3.71. The van der Waals surface area contributed by atoms with Crippen LogP contribution in [0.15, 0.2) is 6.33 Å². The maximum atomic E-state index is 12.3. The molecule has 0 aromatic carbocycles. The Morgan fingerprint density at radius 1 is 1.29 bits per heavy atom. The van der Waals surface area contributed by atoms with Crippen molar-refractivity contribution in [1.29, 1.82) is 0 Å². The molecular formula is C23H40ClN6O6PS. The lowest BCUT2D eigenvalue weighted by Gasteiger charge is -2.28. The van der Waals surface area contributed by atoms with Gasteiger partial charge in [-0.1, -0.05) is 44.1 Å². The fourth-order valence-electron chi connectivity index (χ4n) is 3.10. The number of nitrogen functional groups attached to an aromatic ring is 1. The van der Waals surface area contributed by atoms with E-state index in [4.69, 9.17) is 35.9 Å². The summed E-state index contributed by atoms with van der Waals surface area (Å²) in [4.78, 5) is 34.7. The molecule has 2 rings (SSSR count). The molecule has 216 valence electrons. The van der Waals surface area contributed by atoms with Crippen LogP contribution in [0.5, 0.6) is 0 Å². The number of carbonyl (C=O) groups excluding carboxylic acids is 2. The van der Waals surface area contributed by atoms with Gasteiger partial charge in [0, 0.05) is 24.7 Å². The highest BCUT2D eigenvalue weighted by Crippen LogP contribution is 2.37. The van der Waals surface area contributed by atoms with E-state index in [0.717, 1.165) is 0 Å². The number of halogens is 1. The number of hydrogen-bond donors (Lipinski definition) is 3. The lowest BCUT2D eigenvalue weighted by atomic mass is 10.00. The lowest BCUT2D eigenvalue weighted by molar-refractivity contribution is -0.149. The standard InChI is InChI=1S/C23H40ClN6O6PS/c1-14(2)36-21(31)15(3)29-37(34-8-9-38-22(32)23(4,5)6)35-11-16(33-7)10-17(24)30-13-28-18-19(25)26-12-27-20(18)30/h12,14-17,28-29H,8-11,13H2,1-7H3,(H2,25,26,27). The number of carbonyl (C=O) groups is 2. The van der Waals surface area contributed by atoms with Crippen LogP contribution in [0.3, 0.4) is 0 Å². The number of nitrogens with two attached hydrogens (primary N) is 1. The number of fused-ring (bicyclic) bond motifs is 1. The molecule has 0 spiro atoms. The van der Waals surface area contributed by atoms with Gasteiger partial charge in [-0.05, 0) is 20.8 Å². The molecule has 0 saturated heterocycles. The summed E-state index contributed by atoms with van der Waals surface area (Å²) in [5.74, 6) is 1.02. The molecule has 4 unspecified atom stereocenters. The smallest absolute Gasteiger partial charge is 0.323 e. The second-order valence-electron chi connectivity index (χ2n) is 9.90. The van der Waals surface area contributed by atoms with Crippen molar-refractivity contribution in [2.45, 2.75) is 71.7 Å². The van der Waals surface area contributed by atoms with E-state index in [1.165, 1.54) is 18.1 Å². The highest BCUT2D eigenvalue weighted by atomic mass is 35.5. The Morgan fingerprint density at radius 2 is 2.00 bits per heavy atom. The van der Waals surface area contributed by atoms with Gasteiger partial charge in [0.25, 0.3) is 8.53 Å². The van der Waals surface area contributed by atoms with Crippen LogP contribution >= 0.6 is 31.9 Å². The van der Waals surface area contributed by atoms with Crippen LogP contribution in [0, 0.1) is 5.41 Å². The minimum absolute atomic E-state index is 0.0748. The van der Waals surface area contributed by atoms with E-state index in [0.29, 0.717) is 36.2 Å². The molecular weight excluding hydrogens is 555 g/mol. The number of hydrogen-bond acceptors (Lipinski definition) is 13. The van der Waals surface area contributed by atoms with E-state index >= 15 is 0 Å². The highest BCUT2D eigenvalue weighted by Gasteiger charge is 2.31. The summed E-state index contributed by atoms with van der Waals surface area (Å²) in [7, 11) is -0.127. The minimum atomic E-state index is -1.70. The molecule has 38 heavy (non-hydrogen) atoms. The fourth-order valence-corrected chi connectivity index (χ4v) is 5.58. The molecule has 15 heteroatoms. The van der Waals surface area contributed by atoms with Gasteiger partial charge in [-0.25, -0.2) is 15.1 Å². The Hall–Kier alpha value is -1.47. The molecule has 0 fully saturated rings. The molecule has 0 aliphatic carbocycles. The quantitative estimate of drug-likeness (QED) is 0.0890. The SMILES string of the molecule is COC(COP(NC(C)C(=O)OC(C)C)OCCSC(=O)C(C)(C)C)CC(Cl)N1CNc2c(N)ncnc21.